The van der Waals surface area contributed by atoms with Crippen LogP contribution in [0.25, 0.3) is 0 Å². The Bertz CT molecular complexity index is 456. The third-order valence-electron chi connectivity index (χ3n) is 3.93. The zero-order valence-corrected chi connectivity index (χ0v) is 13.7. The number of nitrogens with two attached hydrogens (primary N) is 1. The maximum absolute atomic E-state index is 12.7. The van der Waals surface area contributed by atoms with Gasteiger partial charge in [0.25, 0.3) is 5.91 Å². The highest BCUT2D eigenvalue weighted by atomic mass is 79.9. The van der Waals surface area contributed by atoms with E-state index in [0.29, 0.717) is 12.5 Å². The van der Waals surface area contributed by atoms with E-state index in [0.717, 1.165) is 49.1 Å². The topological polar surface area (TPSA) is 51.3 Å². The van der Waals surface area contributed by atoms with Crippen LogP contribution in [0.4, 0.5) is 0 Å². The number of carbonyl (C=O) groups is 1. The lowest BCUT2D eigenvalue weighted by molar-refractivity contribution is 0.0658. The summed E-state index contributed by atoms with van der Waals surface area (Å²) in [4.78, 5) is 14.7. The van der Waals surface area contributed by atoms with Crippen molar-refractivity contribution in [2.24, 2.45) is 11.7 Å². The van der Waals surface area contributed by atoms with Gasteiger partial charge in [-0.1, -0.05) is 6.92 Å². The molecule has 1 saturated heterocycles. The Morgan fingerprint density at radius 3 is 3.05 bits per heavy atom. The summed E-state index contributed by atoms with van der Waals surface area (Å²) in [5.41, 5.74) is 6.44. The van der Waals surface area contributed by atoms with Crippen LogP contribution < -0.4 is 5.73 Å². The molecule has 5 heteroatoms. The molecule has 20 heavy (non-hydrogen) atoms. The number of aromatic nitrogens is 1. The summed E-state index contributed by atoms with van der Waals surface area (Å²) in [6.07, 6.45) is 6.32. The molecule has 1 aromatic heterocycles. The second-order valence-corrected chi connectivity index (χ2v) is 6.49. The molecule has 0 aliphatic carbocycles. The predicted octanol–water partition coefficient (Wildman–Crippen LogP) is 2.86. The van der Waals surface area contributed by atoms with Crippen LogP contribution in [0, 0.1) is 5.92 Å². The van der Waals surface area contributed by atoms with Crippen LogP contribution in [-0.4, -0.2) is 35.0 Å². The molecule has 2 heterocycles. The maximum atomic E-state index is 12.7. The minimum absolute atomic E-state index is 0.158. The van der Waals surface area contributed by atoms with Crippen molar-refractivity contribution in [2.45, 2.75) is 39.2 Å². The van der Waals surface area contributed by atoms with Crippen LogP contribution in [-0.2, 0) is 6.54 Å². The van der Waals surface area contributed by atoms with E-state index < -0.39 is 0 Å². The highest BCUT2D eigenvalue weighted by molar-refractivity contribution is 9.10. The number of hydrogen-bond donors (Lipinski definition) is 1. The van der Waals surface area contributed by atoms with E-state index in [-0.39, 0.29) is 5.91 Å². The molecule has 0 saturated carbocycles. The first-order valence-corrected chi connectivity index (χ1v) is 8.30. The van der Waals surface area contributed by atoms with E-state index in [1.54, 1.807) is 0 Å². The highest BCUT2D eigenvalue weighted by Crippen LogP contribution is 2.23. The largest absolute Gasteiger partial charge is 0.342 e. The van der Waals surface area contributed by atoms with Crippen molar-refractivity contribution < 1.29 is 4.79 Å². The van der Waals surface area contributed by atoms with Gasteiger partial charge in [-0.3, -0.25) is 4.79 Å². The number of nitrogens with zero attached hydrogens (tertiary/aromatic N) is 2. The second-order valence-electron chi connectivity index (χ2n) is 5.57. The zero-order valence-electron chi connectivity index (χ0n) is 12.1. The van der Waals surface area contributed by atoms with Crippen LogP contribution in [0.5, 0.6) is 0 Å². The minimum atomic E-state index is 0.158. The molecule has 1 amide bonds. The number of halogens is 1. The molecular formula is C15H24BrN3O. The lowest BCUT2D eigenvalue weighted by Crippen LogP contribution is -2.41. The normalized spacial score (nSPS) is 19.4. The van der Waals surface area contributed by atoms with Gasteiger partial charge in [-0.15, -0.1) is 0 Å². The summed E-state index contributed by atoms with van der Waals surface area (Å²) in [6, 6.07) is 1.94. The molecule has 4 nitrogen and oxygen atoms in total. The first-order chi connectivity index (χ1) is 9.65. The molecule has 0 spiro atoms. The van der Waals surface area contributed by atoms with E-state index in [2.05, 4.69) is 27.4 Å². The Kier molecular flexibility index (Phi) is 5.66. The van der Waals surface area contributed by atoms with Gasteiger partial charge in [0.05, 0.1) is 0 Å². The summed E-state index contributed by atoms with van der Waals surface area (Å²) >= 11 is 3.47. The molecule has 0 bridgehead atoms. The van der Waals surface area contributed by atoms with Gasteiger partial charge in [0.2, 0.25) is 0 Å². The number of carbonyl (C=O) groups excluding carboxylic acids is 1. The fraction of sp³-hybridized carbons (Fsp3) is 0.667. The van der Waals surface area contributed by atoms with Crippen molar-refractivity contribution in [3.63, 3.8) is 0 Å². The van der Waals surface area contributed by atoms with Gasteiger partial charge in [0.15, 0.2) is 0 Å². The second kappa shape index (κ2) is 7.27. The molecule has 1 aliphatic rings. The third-order valence-corrected chi connectivity index (χ3v) is 4.36. The summed E-state index contributed by atoms with van der Waals surface area (Å²) < 4.78 is 3.03. The highest BCUT2D eigenvalue weighted by Gasteiger charge is 2.25. The van der Waals surface area contributed by atoms with Crippen molar-refractivity contribution in [3.05, 3.63) is 22.4 Å². The SMILES string of the molecule is CCCn1cc(Br)cc1C(=O)N1CCCC(CCN)C1. The molecule has 1 aliphatic heterocycles. The number of likely N-dealkylation sites (tertiary alicyclic amines) is 1. The summed E-state index contributed by atoms with van der Waals surface area (Å²) in [5.74, 6) is 0.724. The molecule has 2 rings (SSSR count). The maximum Gasteiger partial charge on any atom is 0.270 e. The monoisotopic (exact) mass is 341 g/mol. The smallest absolute Gasteiger partial charge is 0.270 e. The molecule has 1 fully saturated rings. The van der Waals surface area contributed by atoms with E-state index >= 15 is 0 Å². The van der Waals surface area contributed by atoms with Gasteiger partial charge in [-0.2, -0.15) is 0 Å². The molecule has 112 valence electrons. The van der Waals surface area contributed by atoms with Gasteiger partial charge in [-0.25, -0.2) is 0 Å². The van der Waals surface area contributed by atoms with E-state index in [9.17, 15) is 4.79 Å². The Hall–Kier alpha value is -0.810. The molecule has 2 N–H and O–H groups in total. The number of rotatable bonds is 5. The van der Waals surface area contributed by atoms with E-state index in [1.165, 1.54) is 6.42 Å². The Balaban J connectivity index is 2.10. The first-order valence-electron chi connectivity index (χ1n) is 7.50. The van der Waals surface area contributed by atoms with Crippen molar-refractivity contribution in [1.29, 1.82) is 0 Å². The Morgan fingerprint density at radius 2 is 2.35 bits per heavy atom. The van der Waals surface area contributed by atoms with Crippen molar-refractivity contribution in [1.82, 2.24) is 9.47 Å². The standard InChI is InChI=1S/C15H24BrN3O/c1-2-7-18-11-13(16)9-14(18)15(20)19-8-3-4-12(10-19)5-6-17/h9,11-12H,2-8,10,17H2,1H3. The number of amides is 1. The summed E-state index contributed by atoms with van der Waals surface area (Å²) in [5, 5.41) is 0. The van der Waals surface area contributed by atoms with E-state index in [1.807, 2.05) is 17.2 Å². The number of hydrogen-bond acceptors (Lipinski definition) is 2. The van der Waals surface area contributed by atoms with Crippen molar-refractivity contribution in [3.8, 4) is 0 Å². The number of aryl methyl sites for hydroxylation is 1. The third kappa shape index (κ3) is 3.64. The average Bonchev–Trinajstić information content (AvgIpc) is 2.80. The Labute approximate surface area is 129 Å². The molecule has 1 unspecified atom stereocenters. The average molecular weight is 342 g/mol. The summed E-state index contributed by atoms with van der Waals surface area (Å²) in [6.45, 7) is 5.44. The fourth-order valence-electron chi connectivity index (χ4n) is 2.96. The summed E-state index contributed by atoms with van der Waals surface area (Å²) in [7, 11) is 0. The zero-order chi connectivity index (χ0) is 14.5. The molecule has 0 aromatic carbocycles. The lowest BCUT2D eigenvalue weighted by Gasteiger charge is -2.32. The van der Waals surface area contributed by atoms with Gasteiger partial charge in [-0.05, 0) is 60.1 Å². The minimum Gasteiger partial charge on any atom is -0.342 e. The van der Waals surface area contributed by atoms with Gasteiger partial charge < -0.3 is 15.2 Å². The van der Waals surface area contributed by atoms with Crippen LogP contribution in [0.3, 0.4) is 0 Å². The van der Waals surface area contributed by atoms with Crippen LogP contribution in [0.2, 0.25) is 0 Å². The lowest BCUT2D eigenvalue weighted by atomic mass is 9.94. The fourth-order valence-corrected chi connectivity index (χ4v) is 3.43. The first kappa shape index (κ1) is 15.6. The van der Waals surface area contributed by atoms with E-state index in [4.69, 9.17) is 5.73 Å². The van der Waals surface area contributed by atoms with Crippen molar-refractivity contribution >= 4 is 21.8 Å². The van der Waals surface area contributed by atoms with Crippen LogP contribution in [0.15, 0.2) is 16.7 Å². The van der Waals surface area contributed by atoms with Gasteiger partial charge in [0.1, 0.15) is 5.69 Å². The molecular weight excluding hydrogens is 318 g/mol. The molecule has 1 atom stereocenters. The molecule has 0 radical (unpaired) electrons. The van der Waals surface area contributed by atoms with Crippen molar-refractivity contribution in [2.75, 3.05) is 19.6 Å². The number of piperidine rings is 1. The van der Waals surface area contributed by atoms with Crippen LogP contribution >= 0.6 is 15.9 Å². The Morgan fingerprint density at radius 1 is 1.55 bits per heavy atom. The van der Waals surface area contributed by atoms with Crippen LogP contribution in [0.1, 0.15) is 43.1 Å². The van der Waals surface area contributed by atoms with Gasteiger partial charge >= 0.3 is 0 Å². The quantitative estimate of drug-likeness (QED) is 0.895. The molecule has 1 aromatic rings. The van der Waals surface area contributed by atoms with Gasteiger partial charge in [0, 0.05) is 30.3 Å². The predicted molar refractivity (Wildman–Crippen MR) is 84.7 cm³/mol.